The Kier molecular flexibility index (Phi) is 4.86. The van der Waals surface area contributed by atoms with Gasteiger partial charge in [0.1, 0.15) is 11.4 Å². The van der Waals surface area contributed by atoms with Crippen LogP contribution < -0.4 is 16.2 Å². The Morgan fingerprint density at radius 2 is 2.04 bits per heavy atom. The largest absolute Gasteiger partial charge is 0.432 e. The predicted octanol–water partition coefficient (Wildman–Crippen LogP) is 2.16. The van der Waals surface area contributed by atoms with Gasteiger partial charge in [0, 0.05) is 11.1 Å². The van der Waals surface area contributed by atoms with Crippen LogP contribution in [0.2, 0.25) is 0 Å². The van der Waals surface area contributed by atoms with Crippen molar-refractivity contribution in [3.05, 3.63) is 46.2 Å². The van der Waals surface area contributed by atoms with Crippen molar-refractivity contribution in [1.29, 1.82) is 0 Å². The van der Waals surface area contributed by atoms with Gasteiger partial charge in [-0.2, -0.15) is 13.2 Å². The summed E-state index contributed by atoms with van der Waals surface area (Å²) >= 11 is 1.20. The van der Waals surface area contributed by atoms with Crippen molar-refractivity contribution >= 4 is 33.1 Å². The van der Waals surface area contributed by atoms with E-state index >= 15 is 0 Å². The molecule has 5 N–H and O–H groups in total. The molecule has 0 spiro atoms. The van der Waals surface area contributed by atoms with Crippen molar-refractivity contribution in [1.82, 2.24) is 10.4 Å². The molecule has 0 atom stereocenters. The molecule has 3 rings (SSSR count). The van der Waals surface area contributed by atoms with Crippen LogP contribution in [0.5, 0.6) is 0 Å². The van der Waals surface area contributed by atoms with Crippen molar-refractivity contribution in [3.8, 4) is 0 Å². The molecule has 0 unspecified atom stereocenters. The number of nitrogens with one attached hydrogen (secondary N) is 1. The molecule has 150 valence electrons. The van der Waals surface area contributed by atoms with Gasteiger partial charge >= 0.3 is 6.18 Å². The fraction of sp³-hybridized carbons (Fsp3) is 0.294. The van der Waals surface area contributed by atoms with Gasteiger partial charge in [0.05, 0.1) is 33.6 Å². The number of carbonyl (C=O) groups is 1. The number of thiazole rings is 1. The zero-order valence-electron chi connectivity index (χ0n) is 14.8. The number of aromatic nitrogens is 1. The Hall–Kier alpha value is -2.63. The van der Waals surface area contributed by atoms with E-state index in [4.69, 9.17) is 5.73 Å². The minimum atomic E-state index is -4.71. The first-order valence-corrected chi connectivity index (χ1v) is 8.91. The maximum Gasteiger partial charge on any atom is 0.432 e. The zero-order valence-corrected chi connectivity index (χ0v) is 15.6. The normalized spacial score (nSPS) is 15.3. The van der Waals surface area contributed by atoms with E-state index in [0.29, 0.717) is 16.3 Å². The lowest BCUT2D eigenvalue weighted by molar-refractivity contribution is -0.115. The fourth-order valence-electron chi connectivity index (χ4n) is 3.06. The highest BCUT2D eigenvalue weighted by Crippen LogP contribution is 2.41. The van der Waals surface area contributed by atoms with Gasteiger partial charge in [-0.3, -0.25) is 15.2 Å². The van der Waals surface area contributed by atoms with Crippen LogP contribution in [0.1, 0.15) is 25.0 Å². The van der Waals surface area contributed by atoms with Crippen molar-refractivity contribution in [3.63, 3.8) is 0 Å². The van der Waals surface area contributed by atoms with Gasteiger partial charge in [-0.15, -0.1) is 11.3 Å². The van der Waals surface area contributed by atoms with E-state index in [0.717, 1.165) is 11.1 Å². The summed E-state index contributed by atoms with van der Waals surface area (Å²) in [6.07, 6.45) is -3.05. The summed E-state index contributed by atoms with van der Waals surface area (Å²) in [5.41, 5.74) is 6.90. The van der Waals surface area contributed by atoms with Gasteiger partial charge < -0.3 is 15.9 Å². The van der Waals surface area contributed by atoms with Crippen molar-refractivity contribution < 1.29 is 28.2 Å². The van der Waals surface area contributed by atoms with Gasteiger partial charge in [0.2, 0.25) is 0 Å². The molecule has 0 bridgehead atoms. The average molecular weight is 414 g/mol. The number of hydrogen-bond acceptors (Lipinski definition) is 7. The average Bonchev–Trinajstić information content (AvgIpc) is 3.06. The third kappa shape index (κ3) is 3.43. The highest BCUT2D eigenvalue weighted by molar-refractivity contribution is 7.16. The summed E-state index contributed by atoms with van der Waals surface area (Å²) in [5.74, 6) is -0.971. The molecule has 1 aromatic carbocycles. The van der Waals surface area contributed by atoms with E-state index < -0.39 is 30.0 Å². The zero-order chi connectivity index (χ0) is 20.9. The number of amides is 1. The molecule has 0 aliphatic carbocycles. The van der Waals surface area contributed by atoms with Gasteiger partial charge in [0.25, 0.3) is 5.91 Å². The second-order valence-electron chi connectivity index (χ2n) is 6.61. The highest BCUT2D eigenvalue weighted by Gasteiger charge is 2.39. The molecule has 11 heteroatoms. The smallest absolute Gasteiger partial charge is 0.392 e. The molecule has 0 saturated carbocycles. The number of nitrogens with two attached hydrogens (primary N) is 1. The van der Waals surface area contributed by atoms with Gasteiger partial charge in [-0.25, -0.2) is 4.98 Å². The maximum atomic E-state index is 13.2. The lowest BCUT2D eigenvalue weighted by atomic mass is 9.90. The molecule has 1 aromatic heterocycles. The number of halogens is 3. The first-order chi connectivity index (χ1) is 12.9. The first-order valence-electron chi connectivity index (χ1n) is 8.03. The van der Waals surface area contributed by atoms with Crippen LogP contribution in [-0.4, -0.2) is 27.3 Å². The van der Waals surface area contributed by atoms with E-state index in [-0.39, 0.29) is 22.5 Å². The lowest BCUT2D eigenvalue weighted by Crippen LogP contribution is -2.47. The number of fused-ring (bicyclic) bond motifs is 1. The SMILES string of the molecule is CC(C)(O)c1c(N2NC(C(F)(F)F)=CC=C2C(N)=O)cc2scnc2c1CO. The number of anilines is 1. The first kappa shape index (κ1) is 20.1. The van der Waals surface area contributed by atoms with E-state index in [1.165, 1.54) is 36.8 Å². The third-order valence-electron chi connectivity index (χ3n) is 4.16. The molecule has 1 aliphatic heterocycles. The number of hydrazine groups is 1. The topological polar surface area (TPSA) is 112 Å². The van der Waals surface area contributed by atoms with E-state index in [2.05, 4.69) is 10.4 Å². The fourth-order valence-corrected chi connectivity index (χ4v) is 3.80. The number of benzene rings is 1. The predicted molar refractivity (Wildman–Crippen MR) is 97.8 cm³/mol. The number of aliphatic hydroxyl groups is 2. The van der Waals surface area contributed by atoms with E-state index in [1.807, 2.05) is 0 Å². The maximum absolute atomic E-state index is 13.2. The number of hydrogen-bond donors (Lipinski definition) is 4. The third-order valence-corrected chi connectivity index (χ3v) is 4.93. The molecule has 0 fully saturated rings. The standard InChI is InChI=1S/C17H17F3N4O3S/c1-16(2,27)13-8(6-25)14-11(28-7-22-14)5-10(13)24-9(15(21)26)3-4-12(23-24)17(18,19)20/h3-5,7,23,25,27H,6H2,1-2H3,(H2,21,26). The molecule has 0 radical (unpaired) electrons. The van der Waals surface area contributed by atoms with Crippen LogP contribution in [0.4, 0.5) is 18.9 Å². The van der Waals surface area contributed by atoms with Crippen LogP contribution >= 0.6 is 11.3 Å². The van der Waals surface area contributed by atoms with Crippen LogP contribution in [0, 0.1) is 0 Å². The number of carbonyl (C=O) groups excluding carboxylic acids is 1. The Morgan fingerprint density at radius 1 is 1.36 bits per heavy atom. The second-order valence-corrected chi connectivity index (χ2v) is 7.49. The quantitative estimate of drug-likeness (QED) is 0.610. The molecular weight excluding hydrogens is 397 g/mol. The van der Waals surface area contributed by atoms with E-state index in [1.54, 1.807) is 0 Å². The Labute approximate surface area is 161 Å². The Bertz CT molecular complexity index is 1010. The van der Waals surface area contributed by atoms with Gasteiger partial charge in [-0.05, 0) is 32.1 Å². The molecule has 1 aliphatic rings. The molecule has 0 saturated heterocycles. The Balaban J connectivity index is 2.31. The summed E-state index contributed by atoms with van der Waals surface area (Å²) in [7, 11) is 0. The molecule has 28 heavy (non-hydrogen) atoms. The number of allylic oxidation sites excluding steroid dienone is 3. The van der Waals surface area contributed by atoms with E-state index in [9.17, 15) is 28.2 Å². The van der Waals surface area contributed by atoms with Crippen LogP contribution in [0.25, 0.3) is 10.2 Å². The second kappa shape index (κ2) is 6.76. The van der Waals surface area contributed by atoms with Crippen LogP contribution in [0.15, 0.2) is 35.1 Å². The number of nitrogens with zero attached hydrogens (tertiary/aromatic N) is 2. The number of aliphatic hydroxyl groups excluding tert-OH is 1. The molecule has 2 heterocycles. The number of rotatable bonds is 4. The van der Waals surface area contributed by atoms with Crippen LogP contribution in [-0.2, 0) is 17.0 Å². The molecule has 2 aromatic rings. The van der Waals surface area contributed by atoms with Crippen molar-refractivity contribution in [2.45, 2.75) is 32.2 Å². The van der Waals surface area contributed by atoms with Crippen LogP contribution in [0.3, 0.4) is 0 Å². The summed E-state index contributed by atoms with van der Waals surface area (Å²) in [5, 5.41) is 21.5. The monoisotopic (exact) mass is 414 g/mol. The molecule has 7 nitrogen and oxygen atoms in total. The highest BCUT2D eigenvalue weighted by atomic mass is 32.1. The molecule has 1 amide bonds. The summed E-state index contributed by atoms with van der Waals surface area (Å²) in [4.78, 5) is 16.0. The number of primary amides is 1. The van der Waals surface area contributed by atoms with Gasteiger partial charge in [-0.1, -0.05) is 0 Å². The van der Waals surface area contributed by atoms with Gasteiger partial charge in [0.15, 0.2) is 0 Å². The summed E-state index contributed by atoms with van der Waals surface area (Å²) in [6.45, 7) is 2.32. The summed E-state index contributed by atoms with van der Waals surface area (Å²) in [6, 6.07) is 1.49. The summed E-state index contributed by atoms with van der Waals surface area (Å²) < 4.78 is 40.3. The minimum Gasteiger partial charge on any atom is -0.392 e. The molecular formula is C17H17F3N4O3S. The minimum absolute atomic E-state index is 0.0493. The van der Waals surface area contributed by atoms with Crippen molar-refractivity contribution in [2.75, 3.05) is 5.01 Å². The lowest BCUT2D eigenvalue weighted by Gasteiger charge is -2.35. The number of alkyl halides is 3. The van der Waals surface area contributed by atoms with Crippen molar-refractivity contribution in [2.24, 2.45) is 5.73 Å². The Morgan fingerprint density at radius 3 is 2.57 bits per heavy atom.